The monoisotopic (exact) mass is 212 g/mol. The summed E-state index contributed by atoms with van der Waals surface area (Å²) < 4.78 is 0. The maximum Gasteiger partial charge on any atom is 0.00103 e. The maximum absolute atomic E-state index is 3.47. The summed E-state index contributed by atoms with van der Waals surface area (Å²) in [6, 6.07) is 0.640. The third kappa shape index (κ3) is 5.53. The van der Waals surface area contributed by atoms with Gasteiger partial charge in [-0.25, -0.2) is 0 Å². The van der Waals surface area contributed by atoms with Gasteiger partial charge in [0.1, 0.15) is 0 Å². The highest BCUT2D eigenvalue weighted by molar-refractivity contribution is 4.74. The van der Waals surface area contributed by atoms with Crippen LogP contribution in [0.5, 0.6) is 0 Å². The van der Waals surface area contributed by atoms with Gasteiger partial charge in [0.25, 0.3) is 0 Å². The highest BCUT2D eigenvalue weighted by Crippen LogP contribution is 2.18. The Labute approximate surface area is 95.4 Å². The average molecular weight is 212 g/mol. The molecule has 0 saturated carbocycles. The van der Waals surface area contributed by atoms with Gasteiger partial charge in [0.05, 0.1) is 0 Å². The lowest BCUT2D eigenvalue weighted by atomic mass is 10.1. The van der Waals surface area contributed by atoms with E-state index in [4.69, 9.17) is 0 Å². The van der Waals surface area contributed by atoms with E-state index in [-0.39, 0.29) is 0 Å². The molecule has 90 valence electrons. The van der Waals surface area contributed by atoms with Crippen molar-refractivity contribution in [3.63, 3.8) is 0 Å². The van der Waals surface area contributed by atoms with E-state index in [9.17, 15) is 0 Å². The Kier molecular flexibility index (Phi) is 6.26. The second kappa shape index (κ2) is 7.24. The van der Waals surface area contributed by atoms with E-state index in [1.165, 1.54) is 51.9 Å². The molecule has 0 amide bonds. The van der Waals surface area contributed by atoms with E-state index >= 15 is 0 Å². The van der Waals surface area contributed by atoms with Gasteiger partial charge in [-0.3, -0.25) is 0 Å². The Morgan fingerprint density at radius 2 is 2.13 bits per heavy atom. The molecule has 0 aliphatic carbocycles. The molecule has 1 atom stereocenters. The predicted octanol–water partition coefficient (Wildman–Crippen LogP) is 2.50. The number of likely N-dealkylation sites (tertiary alicyclic amines) is 1. The summed E-state index contributed by atoms with van der Waals surface area (Å²) in [6.07, 6.45) is 5.48. The first-order valence-corrected chi connectivity index (χ1v) is 6.68. The van der Waals surface area contributed by atoms with Gasteiger partial charge in [-0.15, -0.1) is 0 Å². The fourth-order valence-electron chi connectivity index (χ4n) is 2.30. The van der Waals surface area contributed by atoms with E-state index in [1.54, 1.807) is 0 Å². The van der Waals surface area contributed by atoms with E-state index in [0.717, 1.165) is 5.92 Å². The van der Waals surface area contributed by atoms with Crippen molar-refractivity contribution in [2.75, 3.05) is 26.2 Å². The van der Waals surface area contributed by atoms with Crippen LogP contribution in [0.15, 0.2) is 0 Å². The fourth-order valence-corrected chi connectivity index (χ4v) is 2.30. The van der Waals surface area contributed by atoms with Crippen molar-refractivity contribution in [2.45, 2.75) is 52.5 Å². The summed E-state index contributed by atoms with van der Waals surface area (Å²) in [5.41, 5.74) is 0. The van der Waals surface area contributed by atoms with Crippen molar-refractivity contribution < 1.29 is 0 Å². The molecule has 1 rings (SSSR count). The van der Waals surface area contributed by atoms with Crippen LogP contribution in [0.1, 0.15) is 46.5 Å². The Morgan fingerprint density at radius 3 is 2.73 bits per heavy atom. The van der Waals surface area contributed by atoms with Gasteiger partial charge in [0.15, 0.2) is 0 Å². The molecule has 1 fully saturated rings. The number of unbranched alkanes of at least 4 members (excludes halogenated alkanes) is 1. The lowest BCUT2D eigenvalue weighted by Crippen LogP contribution is -2.26. The van der Waals surface area contributed by atoms with Crippen LogP contribution in [-0.4, -0.2) is 37.1 Å². The zero-order valence-electron chi connectivity index (χ0n) is 10.8. The molecule has 0 aromatic rings. The number of nitrogens with zero attached hydrogens (tertiary/aromatic N) is 1. The van der Waals surface area contributed by atoms with Crippen LogP contribution in [0.3, 0.4) is 0 Å². The fraction of sp³-hybridized carbons (Fsp3) is 1.00. The summed E-state index contributed by atoms with van der Waals surface area (Å²) in [5.74, 6) is 0.985. The minimum absolute atomic E-state index is 0.640. The topological polar surface area (TPSA) is 15.3 Å². The standard InChI is InChI=1S/C13H28N2/c1-4-13-7-10-15(11-13)9-6-5-8-14-12(2)3/h12-14H,4-11H2,1-3H3. The lowest BCUT2D eigenvalue weighted by Gasteiger charge is -2.15. The Bertz CT molecular complexity index is 157. The van der Waals surface area contributed by atoms with Gasteiger partial charge in [-0.05, 0) is 44.8 Å². The molecule has 15 heavy (non-hydrogen) atoms. The van der Waals surface area contributed by atoms with Crippen LogP contribution in [-0.2, 0) is 0 Å². The normalized spacial score (nSPS) is 22.8. The smallest absolute Gasteiger partial charge is 0.00103 e. The average Bonchev–Trinajstić information content (AvgIpc) is 2.65. The molecule has 1 heterocycles. The van der Waals surface area contributed by atoms with Gasteiger partial charge in [0, 0.05) is 12.6 Å². The number of hydrogen-bond donors (Lipinski definition) is 1. The first kappa shape index (κ1) is 13.0. The second-order valence-electron chi connectivity index (χ2n) is 5.18. The lowest BCUT2D eigenvalue weighted by molar-refractivity contribution is 0.313. The van der Waals surface area contributed by atoms with E-state index in [0.29, 0.717) is 6.04 Å². The first-order valence-electron chi connectivity index (χ1n) is 6.68. The highest BCUT2D eigenvalue weighted by atomic mass is 15.1. The number of hydrogen-bond acceptors (Lipinski definition) is 2. The van der Waals surface area contributed by atoms with Crippen molar-refractivity contribution in [2.24, 2.45) is 5.92 Å². The van der Waals surface area contributed by atoms with Crippen molar-refractivity contribution in [3.8, 4) is 0 Å². The van der Waals surface area contributed by atoms with Crippen molar-refractivity contribution in [1.82, 2.24) is 10.2 Å². The molecule has 0 bridgehead atoms. The maximum atomic E-state index is 3.47. The molecular formula is C13H28N2. The summed E-state index contributed by atoms with van der Waals surface area (Å²) in [4.78, 5) is 2.64. The molecule has 1 N–H and O–H groups in total. The molecule has 1 aliphatic heterocycles. The van der Waals surface area contributed by atoms with E-state index < -0.39 is 0 Å². The van der Waals surface area contributed by atoms with Crippen LogP contribution in [0.2, 0.25) is 0 Å². The van der Waals surface area contributed by atoms with E-state index in [2.05, 4.69) is 31.0 Å². The van der Waals surface area contributed by atoms with Gasteiger partial charge < -0.3 is 10.2 Å². The Morgan fingerprint density at radius 1 is 1.33 bits per heavy atom. The van der Waals surface area contributed by atoms with Crippen LogP contribution >= 0.6 is 0 Å². The third-order valence-electron chi connectivity index (χ3n) is 3.40. The van der Waals surface area contributed by atoms with Crippen molar-refractivity contribution in [3.05, 3.63) is 0 Å². The molecule has 2 heteroatoms. The minimum Gasteiger partial charge on any atom is -0.315 e. The molecule has 0 radical (unpaired) electrons. The van der Waals surface area contributed by atoms with Crippen LogP contribution in [0, 0.1) is 5.92 Å². The zero-order valence-corrected chi connectivity index (χ0v) is 10.8. The largest absolute Gasteiger partial charge is 0.315 e. The third-order valence-corrected chi connectivity index (χ3v) is 3.40. The molecule has 0 aromatic carbocycles. The summed E-state index contributed by atoms with van der Waals surface area (Å²) in [5, 5.41) is 3.47. The highest BCUT2D eigenvalue weighted by Gasteiger charge is 2.19. The SMILES string of the molecule is CCC1CCN(CCCCNC(C)C)C1. The van der Waals surface area contributed by atoms with Crippen LogP contribution < -0.4 is 5.32 Å². The summed E-state index contributed by atoms with van der Waals surface area (Å²) in [6.45, 7) is 11.9. The Balaban J connectivity index is 1.92. The van der Waals surface area contributed by atoms with Gasteiger partial charge in [0.2, 0.25) is 0 Å². The van der Waals surface area contributed by atoms with Crippen LogP contribution in [0.4, 0.5) is 0 Å². The summed E-state index contributed by atoms with van der Waals surface area (Å²) >= 11 is 0. The molecule has 0 spiro atoms. The van der Waals surface area contributed by atoms with Gasteiger partial charge >= 0.3 is 0 Å². The van der Waals surface area contributed by atoms with Crippen molar-refractivity contribution in [1.29, 1.82) is 0 Å². The zero-order chi connectivity index (χ0) is 11.1. The van der Waals surface area contributed by atoms with Crippen LogP contribution in [0.25, 0.3) is 0 Å². The molecular weight excluding hydrogens is 184 g/mol. The quantitative estimate of drug-likeness (QED) is 0.652. The number of nitrogens with one attached hydrogen (secondary N) is 1. The molecule has 1 aliphatic rings. The summed E-state index contributed by atoms with van der Waals surface area (Å²) in [7, 11) is 0. The molecule has 0 aromatic heterocycles. The predicted molar refractivity (Wildman–Crippen MR) is 67.2 cm³/mol. The Hall–Kier alpha value is -0.0800. The minimum atomic E-state index is 0.640. The van der Waals surface area contributed by atoms with Gasteiger partial charge in [-0.1, -0.05) is 27.2 Å². The van der Waals surface area contributed by atoms with E-state index in [1.807, 2.05) is 0 Å². The first-order chi connectivity index (χ1) is 7.22. The van der Waals surface area contributed by atoms with Crippen molar-refractivity contribution >= 4 is 0 Å². The second-order valence-corrected chi connectivity index (χ2v) is 5.18. The van der Waals surface area contributed by atoms with Gasteiger partial charge in [-0.2, -0.15) is 0 Å². The number of rotatable bonds is 7. The molecule has 1 unspecified atom stereocenters. The molecule has 1 saturated heterocycles. The molecule has 2 nitrogen and oxygen atoms in total.